The number of aromatic nitrogens is 4. The molecule has 1 amide bonds. The number of amides is 1. The van der Waals surface area contributed by atoms with Gasteiger partial charge in [-0.25, -0.2) is 9.97 Å². The van der Waals surface area contributed by atoms with Crippen LogP contribution < -0.4 is 21.9 Å². The van der Waals surface area contributed by atoms with E-state index in [9.17, 15) is 9.59 Å². The molecule has 5 heterocycles. The Morgan fingerprint density at radius 2 is 2.17 bits per heavy atom. The number of hydrogen-bond acceptors (Lipinski definition) is 9. The zero-order valence-electron chi connectivity index (χ0n) is 22.4. The molecule has 0 saturated heterocycles. The van der Waals surface area contributed by atoms with Crippen molar-refractivity contribution in [3.63, 3.8) is 0 Å². The highest BCUT2D eigenvalue weighted by Gasteiger charge is 2.31. The van der Waals surface area contributed by atoms with Crippen molar-refractivity contribution >= 4 is 55.5 Å². The molecular weight excluding hydrogens is 543 g/mol. The summed E-state index contributed by atoms with van der Waals surface area (Å²) >= 11 is 3.11. The predicted octanol–water partition coefficient (Wildman–Crippen LogP) is 5.13. The summed E-state index contributed by atoms with van der Waals surface area (Å²) in [5.41, 5.74) is 6.89. The van der Waals surface area contributed by atoms with Gasteiger partial charge >= 0.3 is 0 Å². The van der Waals surface area contributed by atoms with Gasteiger partial charge in [-0.1, -0.05) is 37.4 Å². The number of thioether (sulfide) groups is 1. The molecule has 9 nitrogen and oxygen atoms in total. The fourth-order valence-corrected chi connectivity index (χ4v) is 6.62. The highest BCUT2D eigenvalue weighted by molar-refractivity contribution is 8.11. The lowest BCUT2D eigenvalue weighted by Gasteiger charge is -2.20. The zero-order valence-corrected chi connectivity index (χ0v) is 24.0. The van der Waals surface area contributed by atoms with Crippen LogP contribution in [-0.4, -0.2) is 31.5 Å². The summed E-state index contributed by atoms with van der Waals surface area (Å²) in [5.74, 6) is 0.880. The number of carbonyl (C=O) groups is 1. The van der Waals surface area contributed by atoms with E-state index < -0.39 is 6.04 Å². The van der Waals surface area contributed by atoms with Gasteiger partial charge in [0, 0.05) is 55.3 Å². The Labute approximate surface area is 240 Å². The largest absolute Gasteiger partial charge is 0.384 e. The maximum atomic E-state index is 13.5. The van der Waals surface area contributed by atoms with Crippen molar-refractivity contribution in [1.82, 2.24) is 24.8 Å². The molecular formula is C29H31N7O2S2. The van der Waals surface area contributed by atoms with E-state index >= 15 is 0 Å². The number of nitrogens with two attached hydrogens (primary N) is 1. The number of nitrogen functional groups attached to an aromatic ring is 1. The average molecular weight is 574 g/mol. The van der Waals surface area contributed by atoms with Gasteiger partial charge < -0.3 is 16.4 Å². The van der Waals surface area contributed by atoms with Crippen molar-refractivity contribution in [2.45, 2.75) is 51.7 Å². The Kier molecular flexibility index (Phi) is 8.32. The van der Waals surface area contributed by atoms with Gasteiger partial charge in [0.15, 0.2) is 0 Å². The zero-order chi connectivity index (χ0) is 28.2. The minimum atomic E-state index is -0.610. The number of nitrogens with one attached hydrogen (secondary N) is 2. The Bertz CT molecular complexity index is 1650. The first-order valence-corrected chi connectivity index (χ1v) is 14.7. The normalized spacial score (nSPS) is 15.6. The number of thiophene rings is 1. The maximum Gasteiger partial charge on any atom is 0.277 e. The van der Waals surface area contributed by atoms with Crippen molar-refractivity contribution in [2.24, 2.45) is 0 Å². The molecule has 1 aliphatic rings. The first-order valence-electron chi connectivity index (χ1n) is 13.1. The van der Waals surface area contributed by atoms with Crippen molar-refractivity contribution < 1.29 is 4.79 Å². The second kappa shape index (κ2) is 12.1. The van der Waals surface area contributed by atoms with Gasteiger partial charge in [-0.15, -0.1) is 11.3 Å². The van der Waals surface area contributed by atoms with E-state index in [1.807, 2.05) is 37.4 Å². The number of rotatable bonds is 10. The average Bonchev–Trinajstić information content (AvgIpc) is 3.57. The van der Waals surface area contributed by atoms with E-state index in [4.69, 9.17) is 5.73 Å². The number of allylic oxidation sites excluding steroid dienone is 1. The van der Waals surface area contributed by atoms with Crippen LogP contribution in [0.25, 0.3) is 15.0 Å². The molecule has 0 aromatic carbocycles. The minimum Gasteiger partial charge on any atom is -0.384 e. The SMILES string of the molecule is C=C(S/C(=C\CC)c1cccnc1)C(C)Nc1cnc2n(c1=O)C(C(=O)NCc1cc3cnc(N)cc3s1)CC2. The Balaban J connectivity index is 1.26. The lowest BCUT2D eigenvalue weighted by Crippen LogP contribution is -2.36. The first-order chi connectivity index (χ1) is 19.3. The quantitative estimate of drug-likeness (QED) is 0.238. The van der Waals surface area contributed by atoms with E-state index in [1.165, 1.54) is 4.57 Å². The molecule has 0 saturated carbocycles. The third-order valence-electron chi connectivity index (χ3n) is 6.67. The number of pyridine rings is 2. The van der Waals surface area contributed by atoms with E-state index in [2.05, 4.69) is 45.2 Å². The number of nitrogens with zero attached hydrogens (tertiary/aromatic N) is 4. The molecule has 4 aromatic heterocycles. The van der Waals surface area contributed by atoms with Crippen molar-refractivity contribution in [1.29, 1.82) is 0 Å². The Morgan fingerprint density at radius 1 is 1.32 bits per heavy atom. The van der Waals surface area contributed by atoms with Gasteiger partial charge in [-0.3, -0.25) is 19.1 Å². The van der Waals surface area contributed by atoms with E-state index in [0.717, 1.165) is 36.8 Å². The van der Waals surface area contributed by atoms with Gasteiger partial charge in [-0.2, -0.15) is 0 Å². The Morgan fingerprint density at radius 3 is 2.95 bits per heavy atom. The molecule has 0 fully saturated rings. The fraction of sp³-hybridized carbons (Fsp3) is 0.276. The van der Waals surface area contributed by atoms with Crippen LogP contribution >= 0.6 is 23.1 Å². The van der Waals surface area contributed by atoms with Gasteiger partial charge in [0.05, 0.1) is 18.8 Å². The van der Waals surface area contributed by atoms with Gasteiger partial charge in [0.2, 0.25) is 5.91 Å². The third kappa shape index (κ3) is 5.95. The number of fused-ring (bicyclic) bond motifs is 2. The number of carbonyl (C=O) groups excluding carboxylic acids is 1. The van der Waals surface area contributed by atoms with Crippen LogP contribution in [0.4, 0.5) is 11.5 Å². The van der Waals surface area contributed by atoms with Crippen LogP contribution in [-0.2, 0) is 17.8 Å². The summed E-state index contributed by atoms with van der Waals surface area (Å²) in [7, 11) is 0. The molecule has 4 aromatic rings. The summed E-state index contributed by atoms with van der Waals surface area (Å²) in [6.45, 7) is 8.66. The van der Waals surface area contributed by atoms with Gasteiger partial charge in [0.25, 0.3) is 5.56 Å². The van der Waals surface area contributed by atoms with Gasteiger partial charge in [-0.05, 0) is 38.0 Å². The lowest BCUT2D eigenvalue weighted by atomic mass is 10.2. The standard InChI is InChI=1S/C29H31N7O2S2/c1-4-6-24(19-7-5-10-31-13-19)39-18(3)17(2)35-22-16-33-27-9-8-23(36(27)29(22)38)28(37)34-15-21-11-20-14-32-26(30)12-25(20)40-21/h5-7,10-14,16-17,23,35H,3-4,8-9,15H2,1-2H3,(H2,30,32)(H,34,37)/b24-6-. The molecule has 0 bridgehead atoms. The van der Waals surface area contributed by atoms with Crippen LogP contribution in [0.3, 0.4) is 0 Å². The molecule has 1 aliphatic heterocycles. The van der Waals surface area contributed by atoms with Crippen molar-refractivity contribution in [2.75, 3.05) is 11.1 Å². The molecule has 2 atom stereocenters. The lowest BCUT2D eigenvalue weighted by molar-refractivity contribution is -0.124. The topological polar surface area (TPSA) is 128 Å². The second-order valence-corrected chi connectivity index (χ2v) is 11.9. The molecule has 206 valence electrons. The monoisotopic (exact) mass is 573 g/mol. The first kappa shape index (κ1) is 27.6. The molecule has 0 aliphatic carbocycles. The van der Waals surface area contributed by atoms with Crippen LogP contribution in [0.5, 0.6) is 0 Å². The van der Waals surface area contributed by atoms with E-state index in [0.29, 0.717) is 36.7 Å². The third-order valence-corrected chi connectivity index (χ3v) is 9.00. The molecule has 2 unspecified atom stereocenters. The molecule has 0 radical (unpaired) electrons. The maximum absolute atomic E-state index is 13.5. The van der Waals surface area contributed by atoms with E-state index in [1.54, 1.807) is 41.7 Å². The molecule has 4 N–H and O–H groups in total. The predicted molar refractivity (Wildman–Crippen MR) is 164 cm³/mol. The van der Waals surface area contributed by atoms with E-state index in [-0.39, 0.29) is 17.5 Å². The smallest absolute Gasteiger partial charge is 0.277 e. The fourth-order valence-electron chi connectivity index (χ4n) is 4.59. The second-order valence-electron chi connectivity index (χ2n) is 9.55. The number of aryl methyl sites for hydroxylation is 1. The van der Waals surface area contributed by atoms with Crippen molar-refractivity contribution in [3.8, 4) is 0 Å². The molecule has 5 rings (SSSR count). The molecule has 11 heteroatoms. The highest BCUT2D eigenvalue weighted by atomic mass is 32.2. The summed E-state index contributed by atoms with van der Waals surface area (Å²) in [6, 6.07) is 6.91. The Hall–Kier alpha value is -3.96. The number of anilines is 2. The van der Waals surface area contributed by atoms with Gasteiger partial charge in [0.1, 0.15) is 23.4 Å². The van der Waals surface area contributed by atoms with Crippen LogP contribution in [0, 0.1) is 0 Å². The molecule has 40 heavy (non-hydrogen) atoms. The van der Waals surface area contributed by atoms with Crippen LogP contribution in [0.2, 0.25) is 0 Å². The highest BCUT2D eigenvalue weighted by Crippen LogP contribution is 2.35. The summed E-state index contributed by atoms with van der Waals surface area (Å²) < 4.78 is 2.54. The van der Waals surface area contributed by atoms with Crippen LogP contribution in [0.15, 0.2) is 71.4 Å². The number of hydrogen-bond donors (Lipinski definition) is 3. The van der Waals surface area contributed by atoms with Crippen molar-refractivity contribution in [3.05, 3.63) is 93.2 Å². The summed E-state index contributed by atoms with van der Waals surface area (Å²) in [4.78, 5) is 42.5. The van der Waals surface area contributed by atoms with Crippen LogP contribution in [0.1, 0.15) is 49.0 Å². The minimum absolute atomic E-state index is 0.200. The molecule has 0 spiro atoms. The summed E-state index contributed by atoms with van der Waals surface area (Å²) in [6.07, 6.45) is 11.0. The summed E-state index contributed by atoms with van der Waals surface area (Å²) in [5, 5.41) is 7.25.